The number of ether oxygens (including phenoxy) is 1. The highest BCUT2D eigenvalue weighted by atomic mass is 16.5. The van der Waals surface area contributed by atoms with Gasteiger partial charge in [0.2, 0.25) is 0 Å². The molecule has 0 aliphatic rings. The van der Waals surface area contributed by atoms with Gasteiger partial charge >= 0.3 is 5.69 Å². The summed E-state index contributed by atoms with van der Waals surface area (Å²) in [6.07, 6.45) is 0. The highest BCUT2D eigenvalue weighted by Gasteiger charge is 2.13. The van der Waals surface area contributed by atoms with E-state index < -0.39 is 5.69 Å². The quantitative estimate of drug-likeness (QED) is 0.198. The number of rotatable bonds is 8. The zero-order valence-corrected chi connectivity index (χ0v) is 19.9. The van der Waals surface area contributed by atoms with E-state index in [0.29, 0.717) is 58.9 Å². The van der Waals surface area contributed by atoms with Crippen LogP contribution < -0.4 is 21.9 Å². The number of aromatic nitrogens is 2. The van der Waals surface area contributed by atoms with E-state index in [1.165, 1.54) is 0 Å². The number of H-pyrrole nitrogens is 1. The number of nitrogens with one attached hydrogen (secondary N) is 1. The Morgan fingerprint density at radius 1 is 1.03 bits per heavy atom. The summed E-state index contributed by atoms with van der Waals surface area (Å²) in [7, 11) is 0. The number of benzene rings is 3. The number of nitrogens with zero attached hydrogens (tertiary/aromatic N) is 2. The molecule has 3 aromatic carbocycles. The maximum atomic E-state index is 12.5. The fourth-order valence-electron chi connectivity index (χ4n) is 3.60. The number of hydrogen-bond donors (Lipinski definition) is 3. The minimum Gasteiger partial charge on any atom is -0.493 e. The number of nitrogen functional groups attached to an aromatic ring is 1. The topological polar surface area (TPSA) is 119 Å². The zero-order valence-electron chi connectivity index (χ0n) is 19.9. The van der Waals surface area contributed by atoms with Gasteiger partial charge in [-0.05, 0) is 41.8 Å². The molecule has 0 atom stereocenters. The van der Waals surface area contributed by atoms with Crippen molar-refractivity contribution in [1.29, 1.82) is 0 Å². The van der Waals surface area contributed by atoms with E-state index in [2.05, 4.69) is 28.8 Å². The number of para-hydroxylation sites is 1. The van der Waals surface area contributed by atoms with Crippen LogP contribution in [0.1, 0.15) is 25.0 Å². The van der Waals surface area contributed by atoms with Crippen LogP contribution in [0.4, 0.5) is 5.69 Å². The monoisotopic (exact) mass is 467 g/mol. The number of hydrogen-bond acceptors (Lipinski definition) is 5. The first-order chi connectivity index (χ1) is 16.9. The summed E-state index contributed by atoms with van der Waals surface area (Å²) in [5, 5.41) is 0. The summed E-state index contributed by atoms with van der Waals surface area (Å²) in [5.41, 5.74) is 16.8. The first-order valence-corrected chi connectivity index (χ1v) is 11.5. The largest absolute Gasteiger partial charge is 0.493 e. The van der Waals surface area contributed by atoms with Crippen molar-refractivity contribution in [1.82, 2.24) is 9.97 Å². The second-order valence-electron chi connectivity index (χ2n) is 8.68. The Morgan fingerprint density at radius 2 is 1.77 bits per heavy atom. The standard InChI is InChI=1S/C28H29N5O2/c1-18(2)17-35-26-11-7-6-10-21(26)25-15-24(32-28(34)33-25)20-12-13-23(29)22(14-20)27(30)31-16-19-8-4-3-5-9-19/h3-15,18H,16-17,29H2,1-2H3,(H2,30,31)(H,32,33,34). The van der Waals surface area contributed by atoms with Crippen LogP contribution >= 0.6 is 0 Å². The molecular formula is C28H29N5O2. The first-order valence-electron chi connectivity index (χ1n) is 11.5. The van der Waals surface area contributed by atoms with Crippen LogP contribution in [0.5, 0.6) is 5.75 Å². The summed E-state index contributed by atoms with van der Waals surface area (Å²) in [4.78, 5) is 24.0. The minimum absolute atomic E-state index is 0.325. The van der Waals surface area contributed by atoms with Gasteiger partial charge in [-0.25, -0.2) is 4.79 Å². The average molecular weight is 468 g/mol. The van der Waals surface area contributed by atoms with Gasteiger partial charge in [-0.3, -0.25) is 4.99 Å². The summed E-state index contributed by atoms with van der Waals surface area (Å²) in [6, 6.07) is 24.7. The molecule has 4 rings (SSSR count). The molecule has 0 fully saturated rings. The molecule has 0 radical (unpaired) electrons. The van der Waals surface area contributed by atoms with Crippen LogP contribution in [0, 0.1) is 5.92 Å². The Kier molecular flexibility index (Phi) is 7.26. The fourth-order valence-corrected chi connectivity index (χ4v) is 3.60. The molecule has 7 heteroatoms. The Balaban J connectivity index is 1.69. The predicted molar refractivity (Wildman–Crippen MR) is 141 cm³/mol. The number of aliphatic imine (C=N–C) groups is 1. The van der Waals surface area contributed by atoms with Crippen LogP contribution in [0.25, 0.3) is 22.5 Å². The molecular weight excluding hydrogens is 438 g/mol. The summed E-state index contributed by atoms with van der Waals surface area (Å²) < 4.78 is 5.98. The van der Waals surface area contributed by atoms with Gasteiger partial charge in [-0.15, -0.1) is 0 Å². The first kappa shape index (κ1) is 23.8. The molecule has 1 aromatic heterocycles. The zero-order chi connectivity index (χ0) is 24.8. The number of aromatic amines is 1. The number of amidine groups is 1. The van der Waals surface area contributed by atoms with Crippen molar-refractivity contribution in [2.75, 3.05) is 12.3 Å². The van der Waals surface area contributed by atoms with Gasteiger partial charge < -0.3 is 21.2 Å². The normalized spacial score (nSPS) is 11.6. The maximum Gasteiger partial charge on any atom is 0.345 e. The van der Waals surface area contributed by atoms with Crippen LogP contribution in [-0.2, 0) is 6.54 Å². The van der Waals surface area contributed by atoms with Gasteiger partial charge in [0, 0.05) is 22.4 Å². The van der Waals surface area contributed by atoms with Gasteiger partial charge in [0.1, 0.15) is 11.6 Å². The maximum absolute atomic E-state index is 12.5. The SMILES string of the molecule is CC(C)COc1ccccc1-c1cc(-c2ccc(N)c(C(N)=NCc3ccccc3)c2)nc(=O)[nH]1. The third-order valence-corrected chi connectivity index (χ3v) is 5.39. The van der Waals surface area contributed by atoms with E-state index in [9.17, 15) is 4.79 Å². The highest BCUT2D eigenvalue weighted by Crippen LogP contribution is 2.30. The molecule has 0 amide bonds. The van der Waals surface area contributed by atoms with Crippen molar-refractivity contribution in [3.8, 4) is 28.3 Å². The molecule has 0 spiro atoms. The van der Waals surface area contributed by atoms with E-state index in [-0.39, 0.29) is 0 Å². The summed E-state index contributed by atoms with van der Waals surface area (Å²) >= 11 is 0. The van der Waals surface area contributed by atoms with Crippen molar-refractivity contribution >= 4 is 11.5 Å². The van der Waals surface area contributed by atoms with Gasteiger partial charge in [-0.2, -0.15) is 4.98 Å². The van der Waals surface area contributed by atoms with Crippen LogP contribution in [0.15, 0.2) is 88.6 Å². The Hall–Kier alpha value is -4.39. The molecule has 7 nitrogen and oxygen atoms in total. The van der Waals surface area contributed by atoms with Crippen molar-refractivity contribution in [3.63, 3.8) is 0 Å². The van der Waals surface area contributed by atoms with E-state index in [0.717, 1.165) is 11.1 Å². The molecule has 0 aliphatic carbocycles. The van der Waals surface area contributed by atoms with E-state index in [4.69, 9.17) is 16.2 Å². The van der Waals surface area contributed by atoms with E-state index in [1.54, 1.807) is 6.07 Å². The smallest absolute Gasteiger partial charge is 0.345 e. The molecule has 1 heterocycles. The summed E-state index contributed by atoms with van der Waals surface area (Å²) in [5.74, 6) is 1.40. The third-order valence-electron chi connectivity index (χ3n) is 5.39. The van der Waals surface area contributed by atoms with Gasteiger partial charge in [0.25, 0.3) is 0 Å². The molecule has 0 bridgehead atoms. The van der Waals surface area contributed by atoms with Crippen LogP contribution in [-0.4, -0.2) is 22.4 Å². The summed E-state index contributed by atoms with van der Waals surface area (Å²) in [6.45, 7) is 5.18. The minimum atomic E-state index is -0.458. The van der Waals surface area contributed by atoms with Gasteiger partial charge in [0.05, 0.1) is 24.5 Å². The lowest BCUT2D eigenvalue weighted by atomic mass is 10.0. The molecule has 0 aliphatic heterocycles. The van der Waals surface area contributed by atoms with Crippen LogP contribution in [0.2, 0.25) is 0 Å². The van der Waals surface area contributed by atoms with Crippen molar-refractivity contribution in [2.45, 2.75) is 20.4 Å². The molecule has 178 valence electrons. The van der Waals surface area contributed by atoms with E-state index in [1.807, 2.05) is 72.8 Å². The third kappa shape index (κ3) is 5.95. The lowest BCUT2D eigenvalue weighted by molar-refractivity contribution is 0.272. The average Bonchev–Trinajstić information content (AvgIpc) is 2.86. The molecule has 0 saturated heterocycles. The highest BCUT2D eigenvalue weighted by molar-refractivity contribution is 6.03. The van der Waals surface area contributed by atoms with Gasteiger partial charge in [0.15, 0.2) is 0 Å². The predicted octanol–water partition coefficient (Wildman–Crippen LogP) is 4.63. The molecule has 4 aromatic rings. The van der Waals surface area contributed by atoms with Crippen LogP contribution in [0.3, 0.4) is 0 Å². The van der Waals surface area contributed by atoms with E-state index >= 15 is 0 Å². The second kappa shape index (κ2) is 10.7. The Labute approximate surface area is 204 Å². The number of anilines is 1. The lowest BCUT2D eigenvalue weighted by Gasteiger charge is -2.14. The van der Waals surface area contributed by atoms with Crippen molar-refractivity contribution in [3.05, 3.63) is 100 Å². The Bertz CT molecular complexity index is 1390. The lowest BCUT2D eigenvalue weighted by Crippen LogP contribution is -2.16. The molecule has 35 heavy (non-hydrogen) atoms. The molecule has 0 saturated carbocycles. The number of nitrogens with two attached hydrogens (primary N) is 2. The molecule has 0 unspecified atom stereocenters. The second-order valence-corrected chi connectivity index (χ2v) is 8.68. The van der Waals surface area contributed by atoms with Crippen molar-refractivity contribution < 1.29 is 4.74 Å². The van der Waals surface area contributed by atoms with Crippen molar-refractivity contribution in [2.24, 2.45) is 16.6 Å². The van der Waals surface area contributed by atoms with Gasteiger partial charge in [-0.1, -0.05) is 62.4 Å². The fraction of sp³-hybridized carbons (Fsp3) is 0.179. The Morgan fingerprint density at radius 3 is 2.54 bits per heavy atom. The molecule has 5 N–H and O–H groups in total.